The maximum absolute atomic E-state index is 11.4. The number of nitrogens with one attached hydrogen (secondary N) is 2. The number of carboxylic acid groups (broad SMARTS) is 1. The molecule has 0 aliphatic carbocycles. The summed E-state index contributed by atoms with van der Waals surface area (Å²) in [5.74, 6) is -1.40. The van der Waals surface area contributed by atoms with E-state index in [0.29, 0.717) is 16.9 Å². The second-order valence-electron chi connectivity index (χ2n) is 8.20. The minimum atomic E-state index is -5.08. The summed E-state index contributed by atoms with van der Waals surface area (Å²) in [6.45, 7) is 7.10. The number of aryl methyl sites for hydroxylation is 1. The Morgan fingerprint density at radius 3 is 2.38 bits per heavy atom. The summed E-state index contributed by atoms with van der Waals surface area (Å²) >= 11 is 0. The molecule has 198 valence electrons. The van der Waals surface area contributed by atoms with Crippen LogP contribution in [0.25, 0.3) is 22.5 Å². The van der Waals surface area contributed by atoms with Crippen LogP contribution in [0.3, 0.4) is 0 Å². The van der Waals surface area contributed by atoms with Crippen LogP contribution in [0.2, 0.25) is 0 Å². The standard InChI is InChI=1S/C23H26N4O3.C2HF3O2/c1-3-16-13-17(7-8-20(16)25-15(2)28)18-5-4-6-19(23(18)29)21-14-22(26-30-21)27-11-9-24-10-12-27;3-2(4,5)1(6)7/h4-8,13-14,24,29H,3,9-12H2,1-2H3,(H,25,28);(H,6,7). The Kier molecular flexibility index (Phi) is 8.77. The molecule has 37 heavy (non-hydrogen) atoms. The Bertz CT molecular complexity index is 1250. The number of piperazine rings is 1. The molecule has 0 atom stereocenters. The number of rotatable bonds is 5. The molecule has 1 aliphatic heterocycles. The Morgan fingerprint density at radius 1 is 1.14 bits per heavy atom. The zero-order valence-electron chi connectivity index (χ0n) is 20.2. The van der Waals surface area contributed by atoms with Gasteiger partial charge in [0.2, 0.25) is 5.91 Å². The fourth-order valence-corrected chi connectivity index (χ4v) is 3.78. The summed E-state index contributed by atoms with van der Waals surface area (Å²) in [4.78, 5) is 22.5. The number of phenolic OH excluding ortho intramolecular Hbond substituents is 1. The molecular formula is C25H27F3N4O5. The van der Waals surface area contributed by atoms with Crippen molar-refractivity contribution >= 4 is 23.4 Å². The second-order valence-corrected chi connectivity index (χ2v) is 8.20. The maximum atomic E-state index is 11.4. The minimum Gasteiger partial charge on any atom is -0.507 e. The fraction of sp³-hybridized carbons (Fsp3) is 0.320. The molecule has 9 nitrogen and oxygen atoms in total. The van der Waals surface area contributed by atoms with Crippen LogP contribution in [0.5, 0.6) is 5.75 Å². The molecule has 1 aromatic heterocycles. The molecule has 2 heterocycles. The summed E-state index contributed by atoms with van der Waals surface area (Å²) in [7, 11) is 0. The average molecular weight is 521 g/mol. The summed E-state index contributed by atoms with van der Waals surface area (Å²) in [5, 5.41) is 28.5. The van der Waals surface area contributed by atoms with Gasteiger partial charge in [0.05, 0.1) is 5.56 Å². The Morgan fingerprint density at radius 2 is 1.78 bits per heavy atom. The van der Waals surface area contributed by atoms with Crippen molar-refractivity contribution in [1.29, 1.82) is 0 Å². The van der Waals surface area contributed by atoms with Crippen LogP contribution in [0.15, 0.2) is 47.0 Å². The Hall–Kier alpha value is -4.06. The van der Waals surface area contributed by atoms with Crippen LogP contribution in [-0.4, -0.2) is 59.6 Å². The van der Waals surface area contributed by atoms with Gasteiger partial charge >= 0.3 is 12.1 Å². The van der Waals surface area contributed by atoms with Crippen molar-refractivity contribution in [2.45, 2.75) is 26.4 Å². The first-order chi connectivity index (χ1) is 17.5. The number of carboxylic acids is 1. The average Bonchev–Trinajstić information content (AvgIpc) is 3.35. The third kappa shape index (κ3) is 7.00. The monoisotopic (exact) mass is 520 g/mol. The number of carbonyl (C=O) groups is 2. The van der Waals surface area contributed by atoms with E-state index in [0.717, 1.165) is 55.2 Å². The first-order valence-electron chi connectivity index (χ1n) is 11.5. The van der Waals surface area contributed by atoms with Crippen LogP contribution < -0.4 is 15.5 Å². The van der Waals surface area contributed by atoms with Crippen molar-refractivity contribution in [3.63, 3.8) is 0 Å². The molecule has 0 spiro atoms. The van der Waals surface area contributed by atoms with Gasteiger partial charge in [-0.05, 0) is 35.7 Å². The van der Waals surface area contributed by atoms with Crippen LogP contribution in [0, 0.1) is 0 Å². The molecule has 0 bridgehead atoms. The fourth-order valence-electron chi connectivity index (χ4n) is 3.78. The van der Waals surface area contributed by atoms with Gasteiger partial charge in [-0.2, -0.15) is 13.2 Å². The molecule has 0 radical (unpaired) electrons. The molecule has 1 aliphatic rings. The van der Waals surface area contributed by atoms with Crippen LogP contribution in [0.4, 0.5) is 24.7 Å². The highest BCUT2D eigenvalue weighted by Crippen LogP contribution is 2.40. The molecule has 1 saturated heterocycles. The number of hydrogen-bond acceptors (Lipinski definition) is 7. The summed E-state index contributed by atoms with van der Waals surface area (Å²) in [6.07, 6.45) is -4.32. The minimum absolute atomic E-state index is 0.104. The van der Waals surface area contributed by atoms with E-state index in [1.54, 1.807) is 0 Å². The SMILES string of the molecule is CCc1cc(-c2cccc(-c3cc(N4CCNCC4)no3)c2O)ccc1NC(C)=O.O=C(O)C(F)(F)F. The second kappa shape index (κ2) is 11.8. The number of carbonyl (C=O) groups excluding carboxylic acids is 1. The topological polar surface area (TPSA) is 128 Å². The van der Waals surface area contributed by atoms with E-state index in [9.17, 15) is 23.1 Å². The van der Waals surface area contributed by atoms with E-state index >= 15 is 0 Å². The number of alkyl halides is 3. The van der Waals surface area contributed by atoms with Gasteiger partial charge in [0.15, 0.2) is 11.6 Å². The molecule has 12 heteroatoms. The van der Waals surface area contributed by atoms with Crippen molar-refractivity contribution in [1.82, 2.24) is 10.5 Å². The molecule has 4 N–H and O–H groups in total. The number of aliphatic carboxylic acids is 1. The number of halogens is 3. The summed E-state index contributed by atoms with van der Waals surface area (Å²) in [6, 6.07) is 13.2. The number of amides is 1. The summed E-state index contributed by atoms with van der Waals surface area (Å²) in [5.41, 5.74) is 3.98. The van der Waals surface area contributed by atoms with Gasteiger partial charge in [-0.15, -0.1) is 0 Å². The predicted octanol–water partition coefficient (Wildman–Crippen LogP) is 4.28. The number of benzene rings is 2. The van der Waals surface area contributed by atoms with Crippen LogP contribution in [-0.2, 0) is 16.0 Å². The molecule has 3 aromatic rings. The number of hydrogen-bond donors (Lipinski definition) is 4. The quantitative estimate of drug-likeness (QED) is 0.393. The molecule has 1 fully saturated rings. The van der Waals surface area contributed by atoms with Crippen LogP contribution >= 0.6 is 0 Å². The van der Waals surface area contributed by atoms with Gasteiger partial charge in [0, 0.05) is 50.4 Å². The molecule has 1 amide bonds. The van der Waals surface area contributed by atoms with Gasteiger partial charge in [-0.1, -0.05) is 30.3 Å². The summed E-state index contributed by atoms with van der Waals surface area (Å²) < 4.78 is 37.3. The van der Waals surface area contributed by atoms with Gasteiger partial charge < -0.3 is 30.3 Å². The maximum Gasteiger partial charge on any atom is 0.490 e. The number of para-hydroxylation sites is 1. The molecule has 2 aromatic carbocycles. The highest BCUT2D eigenvalue weighted by atomic mass is 19.4. The van der Waals surface area contributed by atoms with E-state index in [1.807, 2.05) is 49.4 Å². The van der Waals surface area contributed by atoms with E-state index in [-0.39, 0.29) is 11.7 Å². The predicted molar refractivity (Wildman–Crippen MR) is 131 cm³/mol. The van der Waals surface area contributed by atoms with Crippen molar-refractivity contribution in [3.05, 3.63) is 48.0 Å². The lowest BCUT2D eigenvalue weighted by Crippen LogP contribution is -2.43. The van der Waals surface area contributed by atoms with E-state index in [4.69, 9.17) is 14.4 Å². The van der Waals surface area contributed by atoms with Crippen molar-refractivity contribution < 1.29 is 37.5 Å². The Balaban J connectivity index is 0.000000479. The van der Waals surface area contributed by atoms with Gasteiger partial charge in [0.25, 0.3) is 0 Å². The lowest BCUT2D eigenvalue weighted by molar-refractivity contribution is -0.192. The highest BCUT2D eigenvalue weighted by Gasteiger charge is 2.38. The number of aromatic hydroxyl groups is 1. The van der Waals surface area contributed by atoms with Crippen LogP contribution in [0.1, 0.15) is 19.4 Å². The first kappa shape index (κ1) is 27.5. The largest absolute Gasteiger partial charge is 0.507 e. The number of aromatic nitrogens is 1. The third-order valence-electron chi connectivity index (χ3n) is 5.59. The molecular weight excluding hydrogens is 493 g/mol. The van der Waals surface area contributed by atoms with E-state index in [2.05, 4.69) is 20.7 Å². The van der Waals surface area contributed by atoms with E-state index in [1.165, 1.54) is 6.92 Å². The highest BCUT2D eigenvalue weighted by molar-refractivity contribution is 5.90. The van der Waals surface area contributed by atoms with Gasteiger partial charge in [0.1, 0.15) is 5.75 Å². The third-order valence-corrected chi connectivity index (χ3v) is 5.59. The molecule has 0 saturated carbocycles. The Labute approximate surface area is 210 Å². The van der Waals surface area contributed by atoms with E-state index < -0.39 is 12.1 Å². The number of phenols is 1. The number of anilines is 2. The first-order valence-corrected chi connectivity index (χ1v) is 11.5. The normalized spacial score (nSPS) is 13.5. The lowest BCUT2D eigenvalue weighted by Gasteiger charge is -2.26. The molecule has 0 unspecified atom stereocenters. The van der Waals surface area contributed by atoms with Gasteiger partial charge in [-0.25, -0.2) is 4.79 Å². The number of nitrogens with zero attached hydrogens (tertiary/aromatic N) is 2. The zero-order chi connectivity index (χ0) is 27.2. The van der Waals surface area contributed by atoms with Crippen molar-refractivity contribution in [2.75, 3.05) is 36.4 Å². The van der Waals surface area contributed by atoms with Crippen molar-refractivity contribution in [2.24, 2.45) is 0 Å². The smallest absolute Gasteiger partial charge is 0.490 e. The van der Waals surface area contributed by atoms with Gasteiger partial charge in [-0.3, -0.25) is 4.79 Å². The van der Waals surface area contributed by atoms with Crippen molar-refractivity contribution in [3.8, 4) is 28.2 Å². The zero-order valence-corrected chi connectivity index (χ0v) is 20.2. The lowest BCUT2D eigenvalue weighted by atomic mass is 9.97. The molecule has 4 rings (SSSR count).